The van der Waals surface area contributed by atoms with E-state index in [9.17, 15) is 15.3 Å². The van der Waals surface area contributed by atoms with Crippen LogP contribution in [0.5, 0.6) is 0 Å². The van der Waals surface area contributed by atoms with Crippen molar-refractivity contribution in [2.45, 2.75) is 24.2 Å². The van der Waals surface area contributed by atoms with Crippen LogP contribution < -0.4 is 5.73 Å². The third-order valence-electron chi connectivity index (χ3n) is 3.50. The molecule has 1 saturated heterocycles. The maximum absolute atomic E-state index is 10.2. The van der Waals surface area contributed by atoms with Crippen molar-refractivity contribution in [2.75, 3.05) is 12.3 Å². The fourth-order valence-electron chi connectivity index (χ4n) is 2.37. The van der Waals surface area contributed by atoms with Crippen LogP contribution in [0, 0.1) is 0 Å². The molecule has 2 aromatic heterocycles. The minimum atomic E-state index is -4.64. The number of aliphatic hydroxyl groups excluding tert-OH is 3. The van der Waals surface area contributed by atoms with E-state index in [-0.39, 0.29) is 17.0 Å². The molecule has 0 aliphatic carbocycles. The number of phosphoric acid groups is 3. The zero-order valence-corrected chi connectivity index (χ0v) is 20.3. The van der Waals surface area contributed by atoms with Crippen LogP contribution in [0.4, 0.5) is 5.82 Å². The highest BCUT2D eigenvalue weighted by atomic mass is 31.2. The second-order valence-corrected chi connectivity index (χ2v) is 9.34. The molecule has 4 atom stereocenters. The minimum absolute atomic E-state index is 0.139. The van der Waals surface area contributed by atoms with E-state index in [4.69, 9.17) is 73.7 Å². The Morgan fingerprint density at radius 2 is 1.46 bits per heavy atom. The van der Waals surface area contributed by atoms with Gasteiger partial charge in [0.1, 0.15) is 24.1 Å². The third kappa shape index (κ3) is 13.3. The summed E-state index contributed by atoms with van der Waals surface area (Å²) in [5.41, 5.74) is 12.8. The van der Waals surface area contributed by atoms with Crippen LogP contribution in [0.2, 0.25) is 0 Å². The average molecular weight is 602 g/mol. The predicted molar refractivity (Wildman–Crippen MR) is 114 cm³/mol. The van der Waals surface area contributed by atoms with Gasteiger partial charge >= 0.3 is 23.5 Å². The standard InChI is InChI=1S/C10H12N8O4.3H3O4P/c11-7-4-8(14-2-13-7)18(3-15-4)9-5(20)6(21)10(1-19,22-9)16-17-12;3*1-5(2,3)4/h2-3,5-6,9,19-21H,1H2,(H2,11,13,14);3*(H3,1,2,3,4)/t5-,6+,9-,10-;;;/m1.../s1. The number of hydrogen-bond donors (Lipinski definition) is 13. The van der Waals surface area contributed by atoms with E-state index in [1.807, 2.05) is 0 Å². The van der Waals surface area contributed by atoms with Gasteiger partial charge in [-0.1, -0.05) is 5.11 Å². The molecule has 212 valence electrons. The lowest BCUT2D eigenvalue weighted by Gasteiger charge is -2.23. The molecule has 0 saturated carbocycles. The third-order valence-corrected chi connectivity index (χ3v) is 3.50. The Labute approximate surface area is 203 Å². The van der Waals surface area contributed by atoms with Crippen molar-refractivity contribution in [3.8, 4) is 0 Å². The monoisotopic (exact) mass is 602 g/mol. The Bertz CT molecular complexity index is 1150. The summed E-state index contributed by atoms with van der Waals surface area (Å²) in [6.07, 6.45) is -1.78. The molecule has 27 heteroatoms. The van der Waals surface area contributed by atoms with Crippen molar-refractivity contribution in [2.24, 2.45) is 5.11 Å². The van der Waals surface area contributed by atoms with E-state index < -0.39 is 54.2 Å². The first kappa shape index (κ1) is 34.8. The molecule has 1 aliphatic rings. The van der Waals surface area contributed by atoms with Crippen molar-refractivity contribution >= 4 is 40.4 Å². The molecule has 0 radical (unpaired) electrons. The molecule has 37 heavy (non-hydrogen) atoms. The largest absolute Gasteiger partial charge is 0.466 e. The molecule has 0 spiro atoms. The summed E-state index contributed by atoms with van der Waals surface area (Å²) in [6, 6.07) is 0. The zero-order valence-electron chi connectivity index (χ0n) is 17.6. The van der Waals surface area contributed by atoms with Crippen LogP contribution in [0.25, 0.3) is 21.6 Å². The topological polar surface area (TPSA) is 422 Å². The molecular formula is C10H21N8O16P3. The summed E-state index contributed by atoms with van der Waals surface area (Å²) < 4.78 is 33.4. The first-order valence-electron chi connectivity index (χ1n) is 8.53. The van der Waals surface area contributed by atoms with Crippen LogP contribution in [-0.4, -0.2) is 103 Å². The van der Waals surface area contributed by atoms with Gasteiger partial charge < -0.3 is 69.8 Å². The molecular weight excluding hydrogens is 581 g/mol. The second kappa shape index (κ2) is 13.6. The number of anilines is 1. The number of aliphatic hydroxyl groups is 3. The molecule has 1 aliphatic heterocycles. The van der Waals surface area contributed by atoms with E-state index in [0.717, 1.165) is 0 Å². The van der Waals surface area contributed by atoms with Crippen molar-refractivity contribution in [3.63, 3.8) is 0 Å². The van der Waals surface area contributed by atoms with Crippen molar-refractivity contribution in [3.05, 3.63) is 23.1 Å². The van der Waals surface area contributed by atoms with Gasteiger partial charge in [-0.2, -0.15) is 0 Å². The summed E-state index contributed by atoms with van der Waals surface area (Å²) in [4.78, 5) is 79.0. The summed E-state index contributed by atoms with van der Waals surface area (Å²) in [7, 11) is -13.9. The highest BCUT2D eigenvalue weighted by Gasteiger charge is 2.55. The lowest BCUT2D eigenvalue weighted by atomic mass is 10.1. The number of nitrogen functional groups attached to an aromatic ring is 1. The normalized spacial score (nSPS) is 23.4. The van der Waals surface area contributed by atoms with E-state index in [1.54, 1.807) is 0 Å². The molecule has 0 amide bonds. The van der Waals surface area contributed by atoms with E-state index in [0.29, 0.717) is 0 Å². The lowest BCUT2D eigenvalue weighted by Crippen LogP contribution is -2.44. The van der Waals surface area contributed by atoms with Gasteiger partial charge in [0.25, 0.3) is 0 Å². The number of ether oxygens (including phenoxy) is 1. The smallest absolute Gasteiger partial charge is 0.393 e. The number of aromatic nitrogens is 4. The molecule has 3 heterocycles. The SMILES string of the molecule is O=P(O)(O)O.O=P(O)(O)O.O=P(O)(O)O.[N-]=[N+]=N[C@]1(CO)O[C@@H](n2cnc3c(N)ncnc32)[C@H](O)[C@@H]1O. The molecule has 1 fully saturated rings. The quantitative estimate of drug-likeness (QED) is 0.0686. The number of hydrogen-bond acceptors (Lipinski definition) is 12. The Kier molecular flexibility index (Phi) is 12.8. The Hall–Kier alpha value is -2.17. The molecule has 0 aromatic carbocycles. The van der Waals surface area contributed by atoms with Gasteiger partial charge in [-0.25, -0.2) is 28.6 Å². The van der Waals surface area contributed by atoms with Crippen molar-refractivity contribution < 1.29 is 77.8 Å². The van der Waals surface area contributed by atoms with E-state index in [2.05, 4.69) is 25.0 Å². The fraction of sp³-hybridized carbons (Fsp3) is 0.500. The highest BCUT2D eigenvalue weighted by Crippen LogP contribution is 2.39. The summed E-state index contributed by atoms with van der Waals surface area (Å²) >= 11 is 0. The Balaban J connectivity index is 0.000000711. The van der Waals surface area contributed by atoms with Gasteiger partial charge in [0.15, 0.2) is 17.7 Å². The zero-order chi connectivity index (χ0) is 29.4. The van der Waals surface area contributed by atoms with Crippen molar-refractivity contribution in [1.82, 2.24) is 19.5 Å². The molecule has 2 aromatic rings. The second-order valence-electron chi connectivity index (χ2n) is 6.26. The summed E-state index contributed by atoms with van der Waals surface area (Å²) in [6.45, 7) is -0.810. The number of fused-ring (bicyclic) bond motifs is 1. The molecule has 0 unspecified atom stereocenters. The van der Waals surface area contributed by atoms with Gasteiger partial charge in [-0.15, -0.1) is 0 Å². The first-order valence-corrected chi connectivity index (χ1v) is 13.2. The van der Waals surface area contributed by atoms with Gasteiger partial charge in [0.2, 0.25) is 5.72 Å². The lowest BCUT2D eigenvalue weighted by molar-refractivity contribution is -0.123. The maximum atomic E-state index is 10.2. The molecule has 3 rings (SSSR count). The summed E-state index contributed by atoms with van der Waals surface area (Å²) in [5.74, 6) is 0.139. The Morgan fingerprint density at radius 1 is 1.00 bits per heavy atom. The first-order chi connectivity index (χ1) is 16.5. The van der Waals surface area contributed by atoms with Crippen LogP contribution in [0.3, 0.4) is 0 Å². The van der Waals surface area contributed by atoms with Gasteiger partial charge in [-0.05, 0) is 5.53 Å². The van der Waals surface area contributed by atoms with Crippen LogP contribution >= 0.6 is 23.5 Å². The number of rotatable bonds is 3. The minimum Gasteiger partial charge on any atom is -0.393 e. The Morgan fingerprint density at radius 3 is 1.86 bits per heavy atom. The van der Waals surface area contributed by atoms with Crippen LogP contribution in [0.15, 0.2) is 17.8 Å². The van der Waals surface area contributed by atoms with Crippen molar-refractivity contribution in [1.29, 1.82) is 0 Å². The number of nitrogens with two attached hydrogens (primary N) is 1. The van der Waals surface area contributed by atoms with Crippen LogP contribution in [-0.2, 0) is 18.4 Å². The van der Waals surface area contributed by atoms with E-state index >= 15 is 0 Å². The van der Waals surface area contributed by atoms with Gasteiger partial charge in [0, 0.05) is 4.91 Å². The van der Waals surface area contributed by atoms with E-state index in [1.165, 1.54) is 17.2 Å². The fourth-order valence-corrected chi connectivity index (χ4v) is 2.37. The highest BCUT2D eigenvalue weighted by molar-refractivity contribution is 7.45. The molecule has 24 nitrogen and oxygen atoms in total. The van der Waals surface area contributed by atoms with Gasteiger partial charge in [0.05, 0.1) is 12.9 Å². The number of azide groups is 1. The number of nitrogens with zero attached hydrogens (tertiary/aromatic N) is 7. The molecule has 14 N–H and O–H groups in total. The summed E-state index contributed by atoms with van der Waals surface area (Å²) in [5, 5.41) is 32.8. The van der Waals surface area contributed by atoms with Gasteiger partial charge in [-0.3, -0.25) is 4.57 Å². The number of imidazole rings is 1. The average Bonchev–Trinajstić information content (AvgIpc) is 3.21. The predicted octanol–water partition coefficient (Wildman–Crippen LogP) is -4.13. The maximum Gasteiger partial charge on any atom is 0.466 e. The molecule has 0 bridgehead atoms. The van der Waals surface area contributed by atoms with Crippen LogP contribution in [0.1, 0.15) is 6.23 Å².